The molecule has 0 heterocycles. The highest BCUT2D eigenvalue weighted by molar-refractivity contribution is 7.33. The highest BCUT2D eigenvalue weighted by Gasteiger charge is 2.22. The lowest BCUT2D eigenvalue weighted by atomic mass is 9.99. The Morgan fingerprint density at radius 1 is 1.40 bits per heavy atom. The Morgan fingerprint density at radius 2 is 1.90 bits per heavy atom. The lowest BCUT2D eigenvalue weighted by molar-refractivity contribution is 0.177. The first kappa shape index (κ1) is 10.0. The second-order valence-corrected chi connectivity index (χ2v) is 4.31. The minimum Gasteiger partial charge on any atom is -0.122 e. The van der Waals surface area contributed by atoms with Crippen molar-refractivity contribution >= 4 is 8.25 Å². The van der Waals surface area contributed by atoms with E-state index in [4.69, 9.17) is 4.52 Å². The molecule has 0 saturated heterocycles. The van der Waals surface area contributed by atoms with Crippen LogP contribution in [0.4, 0.5) is 0 Å². The van der Waals surface area contributed by atoms with Crippen LogP contribution in [-0.2, 0) is 13.6 Å². The molecule has 1 atom stereocenters. The topological polar surface area (TPSA) is 35.5 Å². The van der Waals surface area contributed by atoms with Crippen LogP contribution in [-0.4, -0.2) is 13.7 Å². The molecule has 0 radical (unpaired) electrons. The van der Waals surface area contributed by atoms with Crippen molar-refractivity contribution < 1.29 is 13.6 Å². The second kappa shape index (κ2) is 4.02. The van der Waals surface area contributed by atoms with Gasteiger partial charge in [-0.15, -0.1) is 9.05 Å². The van der Waals surface area contributed by atoms with Gasteiger partial charge in [-0.25, -0.2) is 0 Å². The van der Waals surface area contributed by atoms with E-state index in [9.17, 15) is 4.57 Å². The van der Waals surface area contributed by atoms with Gasteiger partial charge in [-0.2, -0.15) is 0 Å². The maximum Gasteiger partial charge on any atom is 0.697 e. The first-order valence-electron chi connectivity index (χ1n) is 3.10. The van der Waals surface area contributed by atoms with Crippen LogP contribution in [0.3, 0.4) is 0 Å². The third kappa shape index (κ3) is 6.14. The van der Waals surface area contributed by atoms with Gasteiger partial charge >= 0.3 is 8.25 Å². The predicted molar refractivity (Wildman–Crippen MR) is 40.0 cm³/mol. The zero-order chi connectivity index (χ0) is 8.20. The largest absolute Gasteiger partial charge is 0.697 e. The summed E-state index contributed by atoms with van der Waals surface area (Å²) in [6, 6.07) is 0. The third-order valence-electron chi connectivity index (χ3n) is 0.752. The average molecular weight is 165 g/mol. The van der Waals surface area contributed by atoms with Crippen LogP contribution in [0, 0.1) is 5.41 Å². The fourth-order valence-corrected chi connectivity index (χ4v) is 0.897. The zero-order valence-corrected chi connectivity index (χ0v) is 7.77. The quantitative estimate of drug-likeness (QED) is 0.602. The Labute approximate surface area is 62.7 Å². The molecule has 0 aliphatic heterocycles. The molecule has 0 N–H and O–H groups in total. The molecule has 3 nitrogen and oxygen atoms in total. The van der Waals surface area contributed by atoms with Crippen LogP contribution in [0.2, 0.25) is 0 Å². The molecule has 0 spiro atoms. The van der Waals surface area contributed by atoms with Crippen molar-refractivity contribution in [3.05, 3.63) is 0 Å². The summed E-state index contributed by atoms with van der Waals surface area (Å²) in [6.07, 6.45) is 0. The van der Waals surface area contributed by atoms with Crippen molar-refractivity contribution in [3.63, 3.8) is 0 Å². The average Bonchev–Trinajstić information content (AvgIpc) is 1.81. The van der Waals surface area contributed by atoms with Gasteiger partial charge in [0, 0.05) is 4.57 Å². The van der Waals surface area contributed by atoms with Gasteiger partial charge in [0.15, 0.2) is 0 Å². The standard InChI is InChI=1S/C6H14O3P/c1-6(2,3)5-9-10(7)8-4/h5H2,1-4H3/q+1. The summed E-state index contributed by atoms with van der Waals surface area (Å²) in [5.41, 5.74) is 0.0452. The molecule has 0 aliphatic carbocycles. The van der Waals surface area contributed by atoms with E-state index in [2.05, 4.69) is 4.52 Å². The summed E-state index contributed by atoms with van der Waals surface area (Å²) in [5.74, 6) is 0. The summed E-state index contributed by atoms with van der Waals surface area (Å²) in [4.78, 5) is 0. The Balaban J connectivity index is 3.46. The number of hydrogen-bond acceptors (Lipinski definition) is 3. The molecular weight excluding hydrogens is 151 g/mol. The van der Waals surface area contributed by atoms with Gasteiger partial charge in [0.1, 0.15) is 6.61 Å². The first-order valence-corrected chi connectivity index (χ1v) is 4.19. The molecule has 0 amide bonds. The fourth-order valence-electron chi connectivity index (χ4n) is 0.299. The van der Waals surface area contributed by atoms with Crippen LogP contribution >= 0.6 is 8.25 Å². The molecule has 1 unspecified atom stereocenters. The lowest BCUT2D eigenvalue weighted by Gasteiger charge is -2.11. The molecule has 4 heteroatoms. The molecule has 0 aliphatic rings. The molecule has 0 rings (SSSR count). The predicted octanol–water partition coefficient (Wildman–Crippen LogP) is 2.35. The summed E-state index contributed by atoms with van der Waals surface area (Å²) >= 11 is 0. The molecule has 0 bridgehead atoms. The van der Waals surface area contributed by atoms with Gasteiger partial charge in [0.05, 0.1) is 7.11 Å². The van der Waals surface area contributed by atoms with Gasteiger partial charge in [-0.3, -0.25) is 0 Å². The first-order chi connectivity index (χ1) is 4.45. The molecule has 0 aromatic heterocycles. The molecule has 0 fully saturated rings. The van der Waals surface area contributed by atoms with Gasteiger partial charge in [0.2, 0.25) is 0 Å². The monoisotopic (exact) mass is 165 g/mol. The van der Waals surface area contributed by atoms with E-state index in [0.717, 1.165) is 0 Å². The van der Waals surface area contributed by atoms with Crippen molar-refractivity contribution in [1.29, 1.82) is 0 Å². The van der Waals surface area contributed by atoms with E-state index in [1.807, 2.05) is 20.8 Å². The summed E-state index contributed by atoms with van der Waals surface area (Å²) in [7, 11) is -0.530. The van der Waals surface area contributed by atoms with Gasteiger partial charge in [0.25, 0.3) is 0 Å². The molecular formula is C6H14O3P+. The van der Waals surface area contributed by atoms with Gasteiger partial charge in [-0.1, -0.05) is 20.8 Å². The van der Waals surface area contributed by atoms with Crippen LogP contribution in [0.25, 0.3) is 0 Å². The smallest absolute Gasteiger partial charge is 0.122 e. The Hall–Kier alpha value is 0.0200. The van der Waals surface area contributed by atoms with E-state index >= 15 is 0 Å². The van der Waals surface area contributed by atoms with E-state index in [1.54, 1.807) is 0 Å². The summed E-state index contributed by atoms with van der Waals surface area (Å²) < 4.78 is 19.8. The van der Waals surface area contributed by atoms with Crippen molar-refractivity contribution in [2.45, 2.75) is 20.8 Å². The summed E-state index contributed by atoms with van der Waals surface area (Å²) in [6.45, 7) is 6.47. The van der Waals surface area contributed by atoms with Crippen molar-refractivity contribution in [2.24, 2.45) is 5.41 Å². The minimum atomic E-state index is -1.89. The van der Waals surface area contributed by atoms with Crippen molar-refractivity contribution in [3.8, 4) is 0 Å². The lowest BCUT2D eigenvalue weighted by Crippen LogP contribution is -2.11. The van der Waals surface area contributed by atoms with Gasteiger partial charge < -0.3 is 0 Å². The zero-order valence-electron chi connectivity index (χ0n) is 6.88. The molecule has 60 valence electrons. The van der Waals surface area contributed by atoms with Crippen molar-refractivity contribution in [1.82, 2.24) is 0 Å². The van der Waals surface area contributed by atoms with E-state index < -0.39 is 8.25 Å². The van der Waals surface area contributed by atoms with Crippen molar-refractivity contribution in [2.75, 3.05) is 13.7 Å². The normalized spacial score (nSPS) is 13.4. The van der Waals surface area contributed by atoms with Crippen LogP contribution < -0.4 is 0 Å². The van der Waals surface area contributed by atoms with Crippen LogP contribution in [0.5, 0.6) is 0 Å². The minimum absolute atomic E-state index is 0.0452. The number of hydrogen-bond donors (Lipinski definition) is 0. The number of rotatable bonds is 3. The summed E-state index contributed by atoms with van der Waals surface area (Å²) in [5, 5.41) is 0. The maximum absolute atomic E-state index is 10.6. The molecule has 0 aromatic carbocycles. The van der Waals surface area contributed by atoms with E-state index in [1.165, 1.54) is 7.11 Å². The van der Waals surface area contributed by atoms with Crippen LogP contribution in [0.1, 0.15) is 20.8 Å². The fraction of sp³-hybridized carbons (Fsp3) is 1.00. The SMILES string of the molecule is CO[P+](=O)OCC(C)(C)C. The maximum atomic E-state index is 10.6. The van der Waals surface area contributed by atoms with Gasteiger partial charge in [-0.05, 0) is 5.41 Å². The van der Waals surface area contributed by atoms with E-state index in [0.29, 0.717) is 6.61 Å². The Bertz CT molecular complexity index is 117. The molecule has 0 saturated carbocycles. The molecule has 10 heavy (non-hydrogen) atoms. The Kier molecular flexibility index (Phi) is 4.02. The van der Waals surface area contributed by atoms with Crippen LogP contribution in [0.15, 0.2) is 0 Å². The Morgan fingerprint density at radius 3 is 2.20 bits per heavy atom. The second-order valence-electron chi connectivity index (χ2n) is 3.24. The van der Waals surface area contributed by atoms with E-state index in [-0.39, 0.29) is 5.41 Å². The molecule has 0 aromatic rings. The highest BCUT2D eigenvalue weighted by Crippen LogP contribution is 2.26. The highest BCUT2D eigenvalue weighted by atomic mass is 31.1. The third-order valence-corrected chi connectivity index (χ3v) is 1.39.